The molecule has 2 N–H and O–H groups in total. The number of amides is 1. The highest BCUT2D eigenvalue weighted by molar-refractivity contribution is 5.94. The van der Waals surface area contributed by atoms with E-state index in [1.54, 1.807) is 24.7 Å². The van der Waals surface area contributed by atoms with Crippen LogP contribution >= 0.6 is 0 Å². The number of furan rings is 1. The van der Waals surface area contributed by atoms with E-state index in [2.05, 4.69) is 39.9 Å². The smallest absolute Gasteiger partial charge is 0.253 e. The third kappa shape index (κ3) is 5.21. The highest BCUT2D eigenvalue weighted by atomic mass is 16.3. The zero-order valence-corrected chi connectivity index (χ0v) is 13.9. The number of rotatable bonds is 8. The van der Waals surface area contributed by atoms with E-state index in [1.807, 2.05) is 18.2 Å². The van der Waals surface area contributed by atoms with Gasteiger partial charge in [-0.05, 0) is 36.6 Å². The lowest BCUT2D eigenvalue weighted by atomic mass is 10.1. The molecule has 0 aliphatic carbocycles. The minimum atomic E-state index is -0.170. The van der Waals surface area contributed by atoms with Gasteiger partial charge in [0.15, 0.2) is 0 Å². The molecule has 0 aliphatic rings. The molecule has 0 atom stereocenters. The monoisotopic (exact) mass is 335 g/mol. The zero-order chi connectivity index (χ0) is 17.3. The lowest BCUT2D eigenvalue weighted by molar-refractivity contribution is 0.0947. The van der Waals surface area contributed by atoms with Crippen LogP contribution in [-0.4, -0.2) is 17.4 Å². The van der Waals surface area contributed by atoms with Gasteiger partial charge in [-0.1, -0.05) is 30.3 Å². The zero-order valence-electron chi connectivity index (χ0n) is 13.9. The quantitative estimate of drug-likeness (QED) is 0.617. The summed E-state index contributed by atoms with van der Waals surface area (Å²) < 4.78 is 5.20. The molecule has 0 radical (unpaired) electrons. The maximum Gasteiger partial charge on any atom is 0.253 e. The van der Waals surface area contributed by atoms with Gasteiger partial charge in [-0.25, -0.2) is 0 Å². The van der Waals surface area contributed by atoms with E-state index in [0.717, 1.165) is 30.8 Å². The second kappa shape index (κ2) is 8.68. The van der Waals surface area contributed by atoms with Gasteiger partial charge in [-0.15, -0.1) is 0 Å². The molecule has 128 valence electrons. The van der Waals surface area contributed by atoms with Crippen LogP contribution in [0.25, 0.3) is 0 Å². The van der Waals surface area contributed by atoms with Crippen LogP contribution in [0.15, 0.2) is 71.6 Å². The third-order valence-electron chi connectivity index (χ3n) is 3.82. The summed E-state index contributed by atoms with van der Waals surface area (Å²) in [7, 11) is 0. The molecule has 0 saturated carbocycles. The Morgan fingerprint density at radius 1 is 1.08 bits per heavy atom. The van der Waals surface area contributed by atoms with E-state index in [9.17, 15) is 4.79 Å². The van der Waals surface area contributed by atoms with Crippen molar-refractivity contribution in [1.29, 1.82) is 0 Å². The summed E-state index contributed by atoms with van der Waals surface area (Å²) in [4.78, 5) is 16.3. The third-order valence-corrected chi connectivity index (χ3v) is 3.82. The number of nitrogens with zero attached hydrogens (tertiary/aromatic N) is 1. The van der Waals surface area contributed by atoms with Crippen LogP contribution in [0, 0.1) is 0 Å². The Kier molecular flexibility index (Phi) is 5.82. The molecule has 1 amide bonds. The molecule has 2 heterocycles. The summed E-state index contributed by atoms with van der Waals surface area (Å²) in [6.07, 6.45) is 6.91. The van der Waals surface area contributed by atoms with Crippen molar-refractivity contribution in [3.63, 3.8) is 0 Å². The number of anilines is 1. The Labute approximate surface area is 147 Å². The average molecular weight is 335 g/mol. The van der Waals surface area contributed by atoms with Crippen molar-refractivity contribution in [3.8, 4) is 0 Å². The molecule has 1 aromatic carbocycles. The Bertz CT molecular complexity index is 786. The number of carbonyl (C=O) groups is 1. The fourth-order valence-electron chi connectivity index (χ4n) is 2.51. The minimum Gasteiger partial charge on any atom is -0.467 e. The van der Waals surface area contributed by atoms with Gasteiger partial charge in [-0.2, -0.15) is 0 Å². The van der Waals surface area contributed by atoms with Crippen LogP contribution in [0.4, 0.5) is 5.69 Å². The summed E-state index contributed by atoms with van der Waals surface area (Å²) in [6.45, 7) is 1.19. The maximum absolute atomic E-state index is 12.2. The molecule has 0 saturated heterocycles. The molecular weight excluding hydrogens is 314 g/mol. The van der Waals surface area contributed by atoms with Crippen molar-refractivity contribution < 1.29 is 9.21 Å². The summed E-state index contributed by atoms with van der Waals surface area (Å²) >= 11 is 0. The summed E-state index contributed by atoms with van der Waals surface area (Å²) in [5.41, 5.74) is 2.70. The SMILES string of the molecule is O=C(NCc1ccco1)c1cncc(NCCCc2ccccc2)c1. The second-order valence-corrected chi connectivity index (χ2v) is 5.74. The molecule has 2 aromatic heterocycles. The highest BCUT2D eigenvalue weighted by Gasteiger charge is 2.07. The second-order valence-electron chi connectivity index (χ2n) is 5.74. The van der Waals surface area contributed by atoms with Crippen molar-refractivity contribution in [1.82, 2.24) is 10.3 Å². The highest BCUT2D eigenvalue weighted by Crippen LogP contribution is 2.10. The molecule has 0 bridgehead atoms. The van der Waals surface area contributed by atoms with Gasteiger partial charge in [0.05, 0.1) is 24.1 Å². The molecule has 3 rings (SSSR count). The first-order chi connectivity index (χ1) is 12.3. The van der Waals surface area contributed by atoms with Crippen LogP contribution in [0.2, 0.25) is 0 Å². The molecule has 5 heteroatoms. The number of hydrogen-bond acceptors (Lipinski definition) is 4. The van der Waals surface area contributed by atoms with E-state index in [1.165, 1.54) is 5.56 Å². The fourth-order valence-corrected chi connectivity index (χ4v) is 2.51. The predicted octanol–water partition coefficient (Wildman–Crippen LogP) is 3.65. The number of nitrogens with one attached hydrogen (secondary N) is 2. The normalized spacial score (nSPS) is 10.4. The Balaban J connectivity index is 1.46. The number of aromatic nitrogens is 1. The van der Waals surface area contributed by atoms with Gasteiger partial charge in [0.2, 0.25) is 0 Å². The molecule has 0 unspecified atom stereocenters. The first-order valence-electron chi connectivity index (χ1n) is 8.35. The first-order valence-corrected chi connectivity index (χ1v) is 8.35. The van der Waals surface area contributed by atoms with Gasteiger partial charge < -0.3 is 15.1 Å². The molecule has 0 aliphatic heterocycles. The number of benzene rings is 1. The summed E-state index contributed by atoms with van der Waals surface area (Å²) in [5, 5.41) is 6.14. The maximum atomic E-state index is 12.2. The average Bonchev–Trinajstić information content (AvgIpc) is 3.18. The fraction of sp³-hybridized carbons (Fsp3) is 0.200. The lowest BCUT2D eigenvalue weighted by Crippen LogP contribution is -2.22. The van der Waals surface area contributed by atoms with Crippen molar-refractivity contribution >= 4 is 11.6 Å². The number of hydrogen-bond donors (Lipinski definition) is 2. The molecule has 25 heavy (non-hydrogen) atoms. The number of carbonyl (C=O) groups excluding carboxylic acids is 1. The number of pyridine rings is 1. The van der Waals surface area contributed by atoms with E-state index in [4.69, 9.17) is 4.42 Å². The van der Waals surface area contributed by atoms with Crippen LogP contribution in [0.3, 0.4) is 0 Å². The minimum absolute atomic E-state index is 0.170. The van der Waals surface area contributed by atoms with Crippen molar-refractivity contribution in [2.75, 3.05) is 11.9 Å². The van der Waals surface area contributed by atoms with Crippen LogP contribution < -0.4 is 10.6 Å². The molecule has 0 fully saturated rings. The van der Waals surface area contributed by atoms with Gasteiger partial charge in [0.1, 0.15) is 5.76 Å². The topological polar surface area (TPSA) is 67.2 Å². The van der Waals surface area contributed by atoms with Gasteiger partial charge in [0.25, 0.3) is 5.91 Å². The van der Waals surface area contributed by atoms with Crippen molar-refractivity contribution in [2.45, 2.75) is 19.4 Å². The van der Waals surface area contributed by atoms with Gasteiger partial charge in [-0.3, -0.25) is 9.78 Å². The van der Waals surface area contributed by atoms with Crippen LogP contribution in [-0.2, 0) is 13.0 Å². The van der Waals surface area contributed by atoms with E-state index < -0.39 is 0 Å². The van der Waals surface area contributed by atoms with Crippen LogP contribution in [0.5, 0.6) is 0 Å². The Morgan fingerprint density at radius 2 is 1.96 bits per heavy atom. The van der Waals surface area contributed by atoms with E-state index in [-0.39, 0.29) is 5.91 Å². The number of aryl methyl sites for hydroxylation is 1. The van der Waals surface area contributed by atoms with Crippen LogP contribution in [0.1, 0.15) is 28.1 Å². The molecule has 5 nitrogen and oxygen atoms in total. The van der Waals surface area contributed by atoms with Crippen molar-refractivity contribution in [3.05, 3.63) is 84.1 Å². The van der Waals surface area contributed by atoms with E-state index in [0.29, 0.717) is 12.1 Å². The van der Waals surface area contributed by atoms with E-state index >= 15 is 0 Å². The summed E-state index contributed by atoms with van der Waals surface area (Å²) in [5.74, 6) is 0.549. The molecule has 3 aromatic rings. The standard InChI is InChI=1S/C20H21N3O2/c24-20(23-15-19-9-5-11-25-19)17-12-18(14-21-13-17)22-10-4-8-16-6-2-1-3-7-16/h1-3,5-7,9,11-14,22H,4,8,10,15H2,(H,23,24). The van der Waals surface area contributed by atoms with Crippen molar-refractivity contribution in [2.24, 2.45) is 0 Å². The largest absolute Gasteiger partial charge is 0.467 e. The Hall–Kier alpha value is -3.08. The molecular formula is C20H21N3O2. The summed E-state index contributed by atoms with van der Waals surface area (Å²) in [6, 6.07) is 15.8. The van der Waals surface area contributed by atoms with Gasteiger partial charge in [0, 0.05) is 18.9 Å². The van der Waals surface area contributed by atoms with Gasteiger partial charge >= 0.3 is 0 Å². The molecule has 0 spiro atoms. The Morgan fingerprint density at radius 3 is 2.76 bits per heavy atom. The first kappa shape index (κ1) is 16.8. The lowest BCUT2D eigenvalue weighted by Gasteiger charge is -2.08. The predicted molar refractivity (Wildman–Crippen MR) is 97.4 cm³/mol.